The lowest BCUT2D eigenvalue weighted by molar-refractivity contribution is -0.152. The van der Waals surface area contributed by atoms with Crippen LogP contribution in [0.5, 0.6) is 0 Å². The van der Waals surface area contributed by atoms with E-state index in [1.54, 1.807) is 31.2 Å². The molecule has 5 heteroatoms. The zero-order valence-electron chi connectivity index (χ0n) is 8.38. The normalized spacial score (nSPS) is 11.8. The maximum absolute atomic E-state index is 12.6. The van der Waals surface area contributed by atoms with Crippen LogP contribution in [0.2, 0.25) is 0 Å². The number of nitrogens with zero attached hydrogens (tertiary/aromatic N) is 1. The Bertz CT molecular complexity index is 502. The van der Waals surface area contributed by atoms with Crippen molar-refractivity contribution in [1.82, 2.24) is 4.98 Å². The lowest BCUT2D eigenvalue weighted by Gasteiger charge is -2.06. The average molecular weight is 227 g/mol. The molecule has 0 amide bonds. The fourth-order valence-corrected chi connectivity index (χ4v) is 1.48. The molecule has 0 unspecified atom stereocenters. The largest absolute Gasteiger partial charge is 0.451 e. The summed E-state index contributed by atoms with van der Waals surface area (Å²) < 4.78 is 42.1. The lowest BCUT2D eigenvalue weighted by atomic mass is 10.0. The van der Waals surface area contributed by atoms with Crippen molar-refractivity contribution in [1.29, 1.82) is 0 Å². The van der Waals surface area contributed by atoms with E-state index < -0.39 is 11.9 Å². The second-order valence-electron chi connectivity index (χ2n) is 3.34. The molecule has 0 saturated heterocycles. The van der Waals surface area contributed by atoms with Gasteiger partial charge in [-0.05, 0) is 12.5 Å². The highest BCUT2D eigenvalue weighted by Crippen LogP contribution is 2.37. The summed E-state index contributed by atoms with van der Waals surface area (Å²) in [6.07, 6.45) is -3.71. The third kappa shape index (κ3) is 1.80. The van der Waals surface area contributed by atoms with Crippen molar-refractivity contribution in [2.24, 2.45) is 0 Å². The van der Waals surface area contributed by atoms with Gasteiger partial charge in [0.25, 0.3) is 0 Å². The first-order valence-electron chi connectivity index (χ1n) is 4.57. The Hall–Kier alpha value is -1.78. The van der Waals surface area contributed by atoms with E-state index in [1.165, 1.54) is 0 Å². The minimum atomic E-state index is -4.52. The van der Waals surface area contributed by atoms with Crippen LogP contribution >= 0.6 is 0 Å². The van der Waals surface area contributed by atoms with E-state index in [-0.39, 0.29) is 5.69 Å². The summed E-state index contributed by atoms with van der Waals surface area (Å²) in [6, 6.07) is 6.73. The summed E-state index contributed by atoms with van der Waals surface area (Å²) in [4.78, 5) is 3.63. The van der Waals surface area contributed by atoms with Gasteiger partial charge in [0.15, 0.2) is 6.39 Å². The summed E-state index contributed by atoms with van der Waals surface area (Å²) in [5.74, 6) is -1.05. The van der Waals surface area contributed by atoms with Crippen LogP contribution < -0.4 is 0 Å². The van der Waals surface area contributed by atoms with E-state index in [9.17, 15) is 13.2 Å². The quantitative estimate of drug-likeness (QED) is 0.742. The number of rotatable bonds is 1. The number of aryl methyl sites for hydroxylation is 1. The smallest absolute Gasteiger partial charge is 0.438 e. The summed E-state index contributed by atoms with van der Waals surface area (Å²) in [6.45, 7) is 1.73. The van der Waals surface area contributed by atoms with Gasteiger partial charge >= 0.3 is 6.18 Å². The zero-order valence-corrected chi connectivity index (χ0v) is 8.38. The topological polar surface area (TPSA) is 26.0 Å². The van der Waals surface area contributed by atoms with Crippen molar-refractivity contribution in [3.8, 4) is 11.3 Å². The standard InChI is InChI=1S/C11H8F3NO/c1-7-4-2-3-5-8(7)9-10(11(12,13)14)16-6-15-9/h2-6H,1H3. The number of hydrogen-bond donors (Lipinski definition) is 0. The predicted octanol–water partition coefficient (Wildman–Crippen LogP) is 3.67. The highest BCUT2D eigenvalue weighted by molar-refractivity contribution is 5.65. The van der Waals surface area contributed by atoms with Crippen LogP contribution in [0.1, 0.15) is 11.3 Å². The minimum absolute atomic E-state index is 0.161. The van der Waals surface area contributed by atoms with Gasteiger partial charge in [0, 0.05) is 5.56 Å². The van der Waals surface area contributed by atoms with Crippen molar-refractivity contribution in [2.75, 3.05) is 0 Å². The van der Waals surface area contributed by atoms with E-state index >= 15 is 0 Å². The number of hydrogen-bond acceptors (Lipinski definition) is 2. The fourth-order valence-electron chi connectivity index (χ4n) is 1.48. The third-order valence-corrected chi connectivity index (χ3v) is 2.23. The summed E-state index contributed by atoms with van der Waals surface area (Å²) in [7, 11) is 0. The molecule has 0 atom stereocenters. The van der Waals surface area contributed by atoms with Crippen molar-refractivity contribution < 1.29 is 17.6 Å². The first-order chi connectivity index (χ1) is 7.50. The number of oxazole rings is 1. The van der Waals surface area contributed by atoms with Gasteiger partial charge < -0.3 is 4.42 Å². The van der Waals surface area contributed by atoms with Gasteiger partial charge in [0.2, 0.25) is 5.76 Å². The molecule has 0 aliphatic carbocycles. The molecule has 0 aliphatic rings. The van der Waals surface area contributed by atoms with E-state index in [1.807, 2.05) is 0 Å². The first kappa shape index (κ1) is 10.7. The van der Waals surface area contributed by atoms with Crippen LogP contribution in [0.15, 0.2) is 35.1 Å². The van der Waals surface area contributed by atoms with Crippen LogP contribution in [-0.4, -0.2) is 4.98 Å². The van der Waals surface area contributed by atoms with Crippen LogP contribution in [0.25, 0.3) is 11.3 Å². The number of alkyl halides is 3. The molecule has 2 rings (SSSR count). The van der Waals surface area contributed by atoms with Crippen LogP contribution in [0.3, 0.4) is 0 Å². The highest BCUT2D eigenvalue weighted by atomic mass is 19.4. The Kier molecular flexibility index (Phi) is 2.46. The maximum atomic E-state index is 12.6. The van der Waals surface area contributed by atoms with Gasteiger partial charge in [-0.1, -0.05) is 24.3 Å². The summed E-state index contributed by atoms with van der Waals surface area (Å²) >= 11 is 0. The van der Waals surface area contributed by atoms with Crippen LogP contribution in [0, 0.1) is 6.92 Å². The van der Waals surface area contributed by atoms with Crippen molar-refractivity contribution in [2.45, 2.75) is 13.1 Å². The molecule has 84 valence electrons. The van der Waals surface area contributed by atoms with E-state index in [0.29, 0.717) is 5.56 Å². The van der Waals surface area contributed by atoms with E-state index in [0.717, 1.165) is 12.0 Å². The SMILES string of the molecule is Cc1ccccc1-c1ncoc1C(F)(F)F. The molecule has 0 aliphatic heterocycles. The monoisotopic (exact) mass is 227 g/mol. The van der Waals surface area contributed by atoms with Crippen molar-refractivity contribution in [3.63, 3.8) is 0 Å². The second kappa shape index (κ2) is 3.66. The van der Waals surface area contributed by atoms with Gasteiger partial charge in [-0.3, -0.25) is 0 Å². The zero-order chi connectivity index (χ0) is 11.8. The van der Waals surface area contributed by atoms with Crippen molar-refractivity contribution >= 4 is 0 Å². The Morgan fingerprint density at radius 3 is 2.50 bits per heavy atom. The average Bonchev–Trinajstić information content (AvgIpc) is 2.66. The number of aromatic nitrogens is 1. The molecule has 0 bridgehead atoms. The molecule has 0 spiro atoms. The first-order valence-corrected chi connectivity index (χ1v) is 4.57. The molecule has 1 aromatic heterocycles. The molecule has 2 nitrogen and oxygen atoms in total. The molecule has 0 radical (unpaired) electrons. The predicted molar refractivity (Wildman–Crippen MR) is 51.7 cm³/mol. The van der Waals surface area contributed by atoms with Gasteiger partial charge in [0.05, 0.1) is 0 Å². The van der Waals surface area contributed by atoms with Gasteiger partial charge in [0.1, 0.15) is 5.69 Å². The number of benzene rings is 1. The molecule has 1 heterocycles. The van der Waals surface area contributed by atoms with Gasteiger partial charge in [-0.2, -0.15) is 13.2 Å². The second-order valence-corrected chi connectivity index (χ2v) is 3.34. The highest BCUT2D eigenvalue weighted by Gasteiger charge is 2.38. The molecule has 2 aromatic rings. The van der Waals surface area contributed by atoms with E-state index in [4.69, 9.17) is 0 Å². The Morgan fingerprint density at radius 2 is 1.88 bits per heavy atom. The van der Waals surface area contributed by atoms with Crippen LogP contribution in [-0.2, 0) is 6.18 Å². The third-order valence-electron chi connectivity index (χ3n) is 2.23. The Morgan fingerprint density at radius 1 is 1.19 bits per heavy atom. The minimum Gasteiger partial charge on any atom is -0.438 e. The van der Waals surface area contributed by atoms with E-state index in [2.05, 4.69) is 9.40 Å². The summed E-state index contributed by atoms with van der Waals surface area (Å²) in [5, 5.41) is 0. The molecular weight excluding hydrogens is 219 g/mol. The molecule has 0 saturated carbocycles. The Labute approximate surface area is 89.7 Å². The van der Waals surface area contributed by atoms with Crippen molar-refractivity contribution in [3.05, 3.63) is 42.0 Å². The maximum Gasteiger partial charge on any atom is 0.451 e. The summed E-state index contributed by atoms with van der Waals surface area (Å²) in [5.41, 5.74) is 0.996. The Balaban J connectivity index is 2.58. The molecule has 1 aromatic carbocycles. The van der Waals surface area contributed by atoms with Gasteiger partial charge in [-0.25, -0.2) is 4.98 Å². The van der Waals surface area contributed by atoms with Crippen LogP contribution in [0.4, 0.5) is 13.2 Å². The fraction of sp³-hybridized carbons (Fsp3) is 0.182. The van der Waals surface area contributed by atoms with Gasteiger partial charge in [-0.15, -0.1) is 0 Å². The molecular formula is C11H8F3NO. The molecule has 0 fully saturated rings. The molecule has 0 N–H and O–H groups in total. The number of halogens is 3. The molecule has 16 heavy (non-hydrogen) atoms. The lowest BCUT2D eigenvalue weighted by Crippen LogP contribution is -2.05.